The van der Waals surface area contributed by atoms with E-state index in [0.717, 1.165) is 49.4 Å². The molecular weight excluding hydrogens is 396 g/mol. The van der Waals surface area contributed by atoms with Crippen molar-refractivity contribution in [1.29, 1.82) is 0 Å². The third kappa shape index (κ3) is 3.69. The molecule has 0 saturated carbocycles. The Morgan fingerprint density at radius 2 is 1.87 bits per heavy atom. The number of amides is 2. The number of benzene rings is 1. The monoisotopic (exact) mass is 420 g/mol. The van der Waals surface area contributed by atoms with Gasteiger partial charge >= 0.3 is 0 Å². The smallest absolute Gasteiger partial charge is 0.255 e. The molecule has 4 heterocycles. The first-order valence-electron chi connectivity index (χ1n) is 10.4. The molecule has 2 amide bonds. The summed E-state index contributed by atoms with van der Waals surface area (Å²) in [6.45, 7) is 3.04. The number of hydrogen-bond donors (Lipinski definition) is 1. The number of para-hydroxylation sites is 1. The second-order valence-corrected chi connectivity index (χ2v) is 8.86. The zero-order valence-electron chi connectivity index (χ0n) is 16.8. The van der Waals surface area contributed by atoms with Crippen molar-refractivity contribution in [2.75, 3.05) is 25.4 Å². The fourth-order valence-corrected chi connectivity index (χ4v) is 5.05. The van der Waals surface area contributed by atoms with Gasteiger partial charge in [0.25, 0.3) is 5.91 Å². The van der Waals surface area contributed by atoms with E-state index < -0.39 is 0 Å². The van der Waals surface area contributed by atoms with Crippen LogP contribution in [0.2, 0.25) is 0 Å². The number of thioether (sulfide) groups is 1. The van der Waals surface area contributed by atoms with E-state index in [1.807, 2.05) is 34.1 Å². The van der Waals surface area contributed by atoms with Crippen LogP contribution in [0, 0.1) is 0 Å². The fraction of sp³-hybridized carbons (Fsp3) is 0.348. The molecule has 5 rings (SSSR count). The number of nitrogens with zero attached hydrogens (tertiary/aromatic N) is 3. The molecule has 0 unspecified atom stereocenters. The number of hydrogen-bond acceptors (Lipinski definition) is 4. The molecule has 0 aliphatic carbocycles. The Morgan fingerprint density at radius 3 is 2.67 bits per heavy atom. The van der Waals surface area contributed by atoms with E-state index in [1.54, 1.807) is 6.20 Å². The molecule has 1 aromatic carbocycles. The minimum Gasteiger partial charge on any atom is -0.358 e. The van der Waals surface area contributed by atoms with Crippen LogP contribution in [-0.4, -0.2) is 57.0 Å². The summed E-state index contributed by atoms with van der Waals surface area (Å²) < 4.78 is 0. The van der Waals surface area contributed by atoms with Crippen LogP contribution in [0.1, 0.15) is 34.5 Å². The lowest BCUT2D eigenvalue weighted by Gasteiger charge is -2.27. The molecule has 0 radical (unpaired) electrons. The van der Waals surface area contributed by atoms with Crippen molar-refractivity contribution in [1.82, 2.24) is 19.8 Å². The Balaban J connectivity index is 1.20. The number of rotatable bonds is 4. The lowest BCUT2D eigenvalue weighted by molar-refractivity contribution is -0.129. The largest absolute Gasteiger partial charge is 0.358 e. The molecule has 154 valence electrons. The number of likely N-dealkylation sites (tertiary alicyclic amines) is 1. The summed E-state index contributed by atoms with van der Waals surface area (Å²) >= 11 is 1.43. The van der Waals surface area contributed by atoms with Gasteiger partial charge in [0.1, 0.15) is 0 Å². The summed E-state index contributed by atoms with van der Waals surface area (Å²) in [5.41, 5.74) is 4.24. The van der Waals surface area contributed by atoms with E-state index in [9.17, 15) is 9.59 Å². The van der Waals surface area contributed by atoms with E-state index in [-0.39, 0.29) is 11.8 Å². The van der Waals surface area contributed by atoms with Crippen LogP contribution in [0.4, 0.5) is 0 Å². The summed E-state index contributed by atoms with van der Waals surface area (Å²) in [7, 11) is 0. The molecule has 7 heteroatoms. The first-order chi connectivity index (χ1) is 14.7. The normalized spacial score (nSPS) is 16.1. The van der Waals surface area contributed by atoms with Crippen molar-refractivity contribution in [3.8, 4) is 0 Å². The highest BCUT2D eigenvalue weighted by atomic mass is 32.2. The molecule has 30 heavy (non-hydrogen) atoms. The quantitative estimate of drug-likeness (QED) is 0.656. The molecule has 0 atom stereocenters. The van der Waals surface area contributed by atoms with Gasteiger partial charge in [-0.3, -0.25) is 9.59 Å². The van der Waals surface area contributed by atoms with E-state index in [4.69, 9.17) is 0 Å². The maximum Gasteiger partial charge on any atom is 0.255 e. The summed E-state index contributed by atoms with van der Waals surface area (Å²) in [6.07, 6.45) is 4.63. The third-order valence-corrected chi connectivity index (χ3v) is 6.88. The molecule has 3 aromatic rings. The van der Waals surface area contributed by atoms with Crippen molar-refractivity contribution in [3.05, 3.63) is 59.4 Å². The Bertz CT molecular complexity index is 1090. The van der Waals surface area contributed by atoms with Crippen molar-refractivity contribution < 1.29 is 9.59 Å². The van der Waals surface area contributed by atoms with Gasteiger partial charge in [0.2, 0.25) is 5.91 Å². The van der Waals surface area contributed by atoms with Crippen molar-refractivity contribution in [2.45, 2.75) is 30.8 Å². The Hall–Kier alpha value is -2.80. The zero-order chi connectivity index (χ0) is 20.5. The Labute approximate surface area is 179 Å². The minimum atomic E-state index is 0.0514. The molecule has 2 aliphatic heterocycles. The highest BCUT2D eigenvalue weighted by molar-refractivity contribution is 7.99. The molecule has 1 fully saturated rings. The highest BCUT2D eigenvalue weighted by Crippen LogP contribution is 2.28. The second-order valence-electron chi connectivity index (χ2n) is 7.87. The molecule has 1 saturated heterocycles. The molecule has 2 aliphatic rings. The number of carbonyl (C=O) groups is 2. The number of H-pyrrole nitrogens is 1. The molecular formula is C23H24N4O2S. The third-order valence-electron chi connectivity index (χ3n) is 5.96. The second kappa shape index (κ2) is 8.14. The zero-order valence-corrected chi connectivity index (χ0v) is 17.6. The number of aromatic nitrogens is 2. The molecule has 2 aromatic heterocycles. The topological polar surface area (TPSA) is 69.3 Å². The molecule has 0 spiro atoms. The summed E-state index contributed by atoms with van der Waals surface area (Å²) in [4.78, 5) is 36.9. The van der Waals surface area contributed by atoms with Crippen LogP contribution in [-0.2, 0) is 17.8 Å². The van der Waals surface area contributed by atoms with Crippen molar-refractivity contribution in [2.24, 2.45) is 0 Å². The minimum absolute atomic E-state index is 0.0514. The number of carbonyl (C=O) groups excluding carboxylic acids is 2. The molecule has 0 bridgehead atoms. The van der Waals surface area contributed by atoms with Gasteiger partial charge in [-0.15, -0.1) is 0 Å². The van der Waals surface area contributed by atoms with Gasteiger partial charge in [0, 0.05) is 61.0 Å². The van der Waals surface area contributed by atoms with E-state index >= 15 is 0 Å². The Morgan fingerprint density at radius 1 is 1.03 bits per heavy atom. The average molecular weight is 421 g/mol. The van der Waals surface area contributed by atoms with E-state index in [1.165, 1.54) is 28.4 Å². The first kappa shape index (κ1) is 19.2. The number of nitrogens with one attached hydrogen (secondary N) is 1. The number of pyridine rings is 1. The van der Waals surface area contributed by atoms with Crippen LogP contribution in [0.25, 0.3) is 10.9 Å². The summed E-state index contributed by atoms with van der Waals surface area (Å²) in [5.74, 6) is 0.523. The van der Waals surface area contributed by atoms with Gasteiger partial charge < -0.3 is 14.8 Å². The van der Waals surface area contributed by atoms with Gasteiger partial charge in [-0.1, -0.05) is 30.0 Å². The fourth-order valence-electron chi connectivity index (χ4n) is 4.30. The summed E-state index contributed by atoms with van der Waals surface area (Å²) in [5, 5.41) is 1.98. The van der Waals surface area contributed by atoms with Gasteiger partial charge in [-0.05, 0) is 31.0 Å². The molecule has 1 N–H and O–H groups in total. The van der Waals surface area contributed by atoms with Gasteiger partial charge in [0.05, 0.1) is 16.3 Å². The van der Waals surface area contributed by atoms with Crippen molar-refractivity contribution >= 4 is 34.5 Å². The number of fused-ring (bicyclic) bond motifs is 3. The van der Waals surface area contributed by atoms with Gasteiger partial charge in [0.15, 0.2) is 0 Å². The first-order valence-corrected chi connectivity index (χ1v) is 11.4. The maximum absolute atomic E-state index is 12.8. The van der Waals surface area contributed by atoms with Gasteiger partial charge in [-0.2, -0.15) is 0 Å². The predicted octanol–water partition coefficient (Wildman–Crippen LogP) is 3.48. The van der Waals surface area contributed by atoms with E-state index in [0.29, 0.717) is 17.9 Å². The van der Waals surface area contributed by atoms with Gasteiger partial charge in [-0.25, -0.2) is 4.98 Å². The molecule has 6 nitrogen and oxygen atoms in total. The van der Waals surface area contributed by atoms with E-state index in [2.05, 4.69) is 22.1 Å². The number of aromatic amines is 1. The summed E-state index contributed by atoms with van der Waals surface area (Å²) in [6, 6.07) is 11.9. The SMILES string of the molecule is O=C(CSc1ccc(C(=O)N2CCCC2)cn1)N1CCc2[nH]c3ccccc3c2C1. The standard InChI is InChI=1S/C23H24N4O2S/c28-22(27-12-9-20-18(14-27)17-5-1-2-6-19(17)25-20)15-30-21-8-7-16(13-24-21)23(29)26-10-3-4-11-26/h1-2,5-8,13,25H,3-4,9-12,14-15H2. The maximum atomic E-state index is 12.8. The lowest BCUT2D eigenvalue weighted by Crippen LogP contribution is -2.36. The van der Waals surface area contributed by atoms with Crippen LogP contribution < -0.4 is 0 Å². The average Bonchev–Trinajstić information content (AvgIpc) is 3.45. The lowest BCUT2D eigenvalue weighted by atomic mass is 10.0. The van der Waals surface area contributed by atoms with Crippen molar-refractivity contribution in [3.63, 3.8) is 0 Å². The van der Waals surface area contributed by atoms with Crippen LogP contribution in [0.15, 0.2) is 47.6 Å². The Kier molecular flexibility index (Phi) is 5.21. The van der Waals surface area contributed by atoms with Crippen LogP contribution >= 0.6 is 11.8 Å². The van der Waals surface area contributed by atoms with Crippen LogP contribution in [0.5, 0.6) is 0 Å². The predicted molar refractivity (Wildman–Crippen MR) is 118 cm³/mol. The van der Waals surface area contributed by atoms with Crippen LogP contribution in [0.3, 0.4) is 0 Å². The highest BCUT2D eigenvalue weighted by Gasteiger charge is 2.24.